The van der Waals surface area contributed by atoms with Crippen molar-refractivity contribution in [1.29, 1.82) is 0 Å². The molecule has 1 amide bonds. The second kappa shape index (κ2) is 6.51. The number of carbonyl (C=O) groups excluding carboxylic acids is 1. The molecule has 1 saturated heterocycles. The molecule has 0 spiro atoms. The smallest absolute Gasteiger partial charge is 0.266 e. The molecule has 0 aliphatic carbocycles. The number of amides is 1. The van der Waals surface area contributed by atoms with Gasteiger partial charge in [-0.3, -0.25) is 9.69 Å². The van der Waals surface area contributed by atoms with Crippen molar-refractivity contribution in [3.63, 3.8) is 0 Å². The Hall–Kier alpha value is -1.56. The lowest BCUT2D eigenvalue weighted by molar-refractivity contribution is -0.123. The summed E-state index contributed by atoms with van der Waals surface area (Å²) in [5, 5.41) is 0.625. The number of halogens is 1. The Balaban J connectivity index is 1.89. The van der Waals surface area contributed by atoms with E-state index in [0.29, 0.717) is 25.8 Å². The van der Waals surface area contributed by atoms with Gasteiger partial charge >= 0.3 is 0 Å². The zero-order valence-electron chi connectivity index (χ0n) is 12.6. The monoisotopic (exact) mass is 363 g/mol. The van der Waals surface area contributed by atoms with Crippen LogP contribution in [0, 0.1) is 0 Å². The fourth-order valence-electron chi connectivity index (χ4n) is 2.29. The van der Waals surface area contributed by atoms with Crippen molar-refractivity contribution < 1.29 is 9.21 Å². The number of thioether (sulfide) groups is 1. The maximum Gasteiger partial charge on any atom is 0.266 e. The third-order valence-corrected chi connectivity index (χ3v) is 5.04. The molecule has 0 saturated carbocycles. The number of hydrogen-bond donors (Lipinski definition) is 0. The Morgan fingerprint density at radius 3 is 2.65 bits per heavy atom. The van der Waals surface area contributed by atoms with E-state index in [2.05, 4.69) is 0 Å². The van der Waals surface area contributed by atoms with Crippen LogP contribution in [0.1, 0.15) is 19.6 Å². The van der Waals surface area contributed by atoms with Crippen LogP contribution in [0.15, 0.2) is 45.7 Å². The van der Waals surface area contributed by atoms with Gasteiger partial charge in [0.05, 0.1) is 9.93 Å². The van der Waals surface area contributed by atoms with Crippen molar-refractivity contribution in [2.75, 3.05) is 0 Å². The largest absolute Gasteiger partial charge is 0.457 e. The molecule has 1 aliphatic rings. The Bertz CT molecular complexity index is 810. The number of hydrogen-bond acceptors (Lipinski definition) is 4. The fourth-order valence-corrected chi connectivity index (χ4v) is 4.02. The molecule has 0 bridgehead atoms. The fraction of sp³-hybridized carbons (Fsp3) is 0.176. The second-order valence-electron chi connectivity index (χ2n) is 5.33. The Morgan fingerprint density at radius 2 is 2.00 bits per heavy atom. The van der Waals surface area contributed by atoms with Crippen LogP contribution >= 0.6 is 35.6 Å². The normalized spacial score (nSPS) is 16.9. The van der Waals surface area contributed by atoms with Gasteiger partial charge in [-0.25, -0.2) is 0 Å². The van der Waals surface area contributed by atoms with Crippen molar-refractivity contribution in [2.45, 2.75) is 19.9 Å². The summed E-state index contributed by atoms with van der Waals surface area (Å²) in [5.74, 6) is 1.19. The highest BCUT2D eigenvalue weighted by molar-refractivity contribution is 8.26. The summed E-state index contributed by atoms with van der Waals surface area (Å²) in [7, 11) is 0. The predicted molar refractivity (Wildman–Crippen MR) is 99.3 cm³/mol. The van der Waals surface area contributed by atoms with Crippen LogP contribution < -0.4 is 0 Å². The number of thiocarbonyl (C=S) groups is 1. The van der Waals surface area contributed by atoms with Crippen LogP contribution in [-0.4, -0.2) is 21.2 Å². The summed E-state index contributed by atoms with van der Waals surface area (Å²) in [6, 6.07) is 11.2. The minimum atomic E-state index is -0.0781. The zero-order valence-corrected chi connectivity index (χ0v) is 15.0. The molecule has 1 aliphatic heterocycles. The quantitative estimate of drug-likeness (QED) is 0.553. The van der Waals surface area contributed by atoms with Gasteiger partial charge in [-0.05, 0) is 38.1 Å². The highest BCUT2D eigenvalue weighted by Gasteiger charge is 2.33. The van der Waals surface area contributed by atoms with Gasteiger partial charge in [0, 0.05) is 17.7 Å². The van der Waals surface area contributed by atoms with E-state index in [1.54, 1.807) is 11.0 Å². The van der Waals surface area contributed by atoms with E-state index >= 15 is 0 Å². The van der Waals surface area contributed by atoms with Gasteiger partial charge in [0.15, 0.2) is 0 Å². The average Bonchev–Trinajstić information content (AvgIpc) is 3.05. The van der Waals surface area contributed by atoms with E-state index < -0.39 is 0 Å². The lowest BCUT2D eigenvalue weighted by Crippen LogP contribution is -2.34. The van der Waals surface area contributed by atoms with E-state index in [0.717, 1.165) is 5.56 Å². The van der Waals surface area contributed by atoms with Crippen LogP contribution in [0.2, 0.25) is 5.02 Å². The lowest BCUT2D eigenvalue weighted by Gasteiger charge is -2.18. The van der Waals surface area contributed by atoms with Gasteiger partial charge in [0.2, 0.25) is 0 Å². The molecule has 2 aromatic rings. The predicted octanol–water partition coefficient (Wildman–Crippen LogP) is 5.21. The number of rotatable bonds is 3. The third-order valence-electron chi connectivity index (χ3n) is 3.38. The van der Waals surface area contributed by atoms with Gasteiger partial charge in [-0.2, -0.15) is 0 Å². The molecule has 118 valence electrons. The molecular weight excluding hydrogens is 350 g/mol. The summed E-state index contributed by atoms with van der Waals surface area (Å²) >= 11 is 12.7. The molecule has 1 aromatic heterocycles. The van der Waals surface area contributed by atoms with Gasteiger partial charge in [-0.1, -0.05) is 47.7 Å². The van der Waals surface area contributed by atoms with E-state index in [9.17, 15) is 4.79 Å². The SMILES string of the molecule is CC(C)N1C(=O)C(=Cc2ccc(-c3ccccc3Cl)o2)SC1=S. The molecule has 1 aromatic carbocycles. The van der Waals surface area contributed by atoms with E-state index in [1.165, 1.54) is 11.8 Å². The molecule has 0 atom stereocenters. The van der Waals surface area contributed by atoms with Crippen LogP contribution in [0.4, 0.5) is 0 Å². The van der Waals surface area contributed by atoms with Gasteiger partial charge in [-0.15, -0.1) is 0 Å². The molecule has 0 N–H and O–H groups in total. The van der Waals surface area contributed by atoms with Crippen LogP contribution in [0.5, 0.6) is 0 Å². The minimum Gasteiger partial charge on any atom is -0.457 e. The van der Waals surface area contributed by atoms with Crippen molar-refractivity contribution in [3.05, 3.63) is 52.1 Å². The second-order valence-corrected chi connectivity index (χ2v) is 7.41. The van der Waals surface area contributed by atoms with Gasteiger partial charge < -0.3 is 4.42 Å². The maximum absolute atomic E-state index is 12.4. The van der Waals surface area contributed by atoms with Crippen molar-refractivity contribution in [3.8, 4) is 11.3 Å². The molecule has 23 heavy (non-hydrogen) atoms. The van der Waals surface area contributed by atoms with Gasteiger partial charge in [0.25, 0.3) is 5.91 Å². The molecule has 0 radical (unpaired) electrons. The summed E-state index contributed by atoms with van der Waals surface area (Å²) in [6.07, 6.45) is 1.72. The molecule has 3 nitrogen and oxygen atoms in total. The third kappa shape index (κ3) is 3.22. The zero-order chi connectivity index (χ0) is 16.6. The van der Waals surface area contributed by atoms with Crippen LogP contribution in [0.3, 0.4) is 0 Å². The average molecular weight is 364 g/mol. The highest BCUT2D eigenvalue weighted by Crippen LogP contribution is 2.35. The van der Waals surface area contributed by atoms with Crippen molar-refractivity contribution in [1.82, 2.24) is 4.90 Å². The van der Waals surface area contributed by atoms with Crippen molar-refractivity contribution >= 4 is 51.9 Å². The standard InChI is InChI=1S/C17H14ClNO2S2/c1-10(2)19-16(20)15(23-17(19)22)9-11-7-8-14(21-11)12-5-3-4-6-13(12)18/h3-10H,1-2H3. The minimum absolute atomic E-state index is 0.0451. The first-order valence-corrected chi connectivity index (χ1v) is 8.69. The molecule has 0 unspecified atom stereocenters. The van der Waals surface area contributed by atoms with E-state index in [4.69, 9.17) is 28.2 Å². The maximum atomic E-state index is 12.4. The molecule has 2 heterocycles. The molecule has 6 heteroatoms. The van der Waals surface area contributed by atoms with E-state index in [1.807, 2.05) is 50.2 Å². The number of nitrogens with zero attached hydrogens (tertiary/aromatic N) is 1. The highest BCUT2D eigenvalue weighted by atomic mass is 35.5. The van der Waals surface area contributed by atoms with Gasteiger partial charge in [0.1, 0.15) is 15.8 Å². The lowest BCUT2D eigenvalue weighted by atomic mass is 10.2. The Labute approximate surface area is 149 Å². The summed E-state index contributed by atoms with van der Waals surface area (Å²) in [6.45, 7) is 3.88. The number of carbonyl (C=O) groups is 1. The Kier molecular flexibility index (Phi) is 4.62. The summed E-state index contributed by atoms with van der Waals surface area (Å²) < 4.78 is 6.38. The van der Waals surface area contributed by atoms with Crippen LogP contribution in [0.25, 0.3) is 17.4 Å². The Morgan fingerprint density at radius 1 is 1.26 bits per heavy atom. The first-order valence-electron chi connectivity index (χ1n) is 7.09. The number of furan rings is 1. The first kappa shape index (κ1) is 16.3. The molecular formula is C17H14ClNO2S2. The van der Waals surface area contributed by atoms with E-state index in [-0.39, 0.29) is 11.9 Å². The summed E-state index contributed by atoms with van der Waals surface area (Å²) in [5.41, 5.74) is 0.823. The first-order chi connectivity index (χ1) is 11.0. The number of benzene rings is 1. The van der Waals surface area contributed by atoms with Crippen molar-refractivity contribution in [2.24, 2.45) is 0 Å². The molecule has 1 fully saturated rings. The summed E-state index contributed by atoms with van der Waals surface area (Å²) in [4.78, 5) is 14.6. The topological polar surface area (TPSA) is 33.5 Å². The molecule has 3 rings (SSSR count). The van der Waals surface area contributed by atoms with Crippen LogP contribution in [-0.2, 0) is 4.79 Å².